The lowest BCUT2D eigenvalue weighted by Crippen LogP contribution is -2.23. The van der Waals surface area contributed by atoms with E-state index in [-0.39, 0.29) is 0 Å². The normalized spacial score (nSPS) is 13.5. The molecule has 3 heteroatoms. The Morgan fingerprint density at radius 2 is 1.17 bits per heavy atom. The summed E-state index contributed by atoms with van der Waals surface area (Å²) in [5, 5.41) is 3.48. The second kappa shape index (κ2) is 19.6. The van der Waals surface area contributed by atoms with E-state index in [1.54, 1.807) is 5.57 Å². The van der Waals surface area contributed by atoms with Crippen LogP contribution in [0.5, 0.6) is 0 Å². The van der Waals surface area contributed by atoms with E-state index in [0.29, 0.717) is 11.8 Å². The summed E-state index contributed by atoms with van der Waals surface area (Å²) >= 11 is 5.06. The first-order chi connectivity index (χ1) is 14.4. The monoisotopic (exact) mass is 433 g/mol. The number of nitrogens with one attached hydrogen (secondary N) is 1. The zero-order chi connectivity index (χ0) is 22.6. The van der Waals surface area contributed by atoms with Crippen molar-refractivity contribution in [2.45, 2.75) is 106 Å². The van der Waals surface area contributed by atoms with Gasteiger partial charge in [0.25, 0.3) is 5.17 Å². The molecule has 1 N–H and O–H groups in total. The van der Waals surface area contributed by atoms with E-state index in [1.807, 2.05) is 6.92 Å². The lowest BCUT2D eigenvalue weighted by Gasteiger charge is -2.06. The molecule has 0 rings (SSSR count). The molecule has 0 bridgehead atoms. The van der Waals surface area contributed by atoms with Crippen LogP contribution >= 0.6 is 12.2 Å². The maximum atomic E-state index is 5.44. The number of thiocarbonyl (C=S) groups is 1. The molecule has 0 aromatic rings. The maximum absolute atomic E-state index is 5.44. The second-order valence-electron chi connectivity index (χ2n) is 8.40. The van der Waals surface area contributed by atoms with Gasteiger partial charge >= 0.3 is 0 Å². The Kier molecular flexibility index (Phi) is 18.7. The molecule has 0 heterocycles. The highest BCUT2D eigenvalue weighted by Crippen LogP contribution is 2.15. The van der Waals surface area contributed by atoms with Crippen molar-refractivity contribution in [3.8, 4) is 0 Å². The van der Waals surface area contributed by atoms with Crippen molar-refractivity contribution < 1.29 is 4.74 Å². The van der Waals surface area contributed by atoms with Gasteiger partial charge in [0.05, 0.1) is 0 Å². The van der Waals surface area contributed by atoms with Crippen LogP contribution in [-0.4, -0.2) is 18.3 Å². The molecule has 0 aromatic carbocycles. The third-order valence-corrected chi connectivity index (χ3v) is 5.50. The van der Waals surface area contributed by atoms with Crippen LogP contribution in [0.3, 0.4) is 0 Å². The highest BCUT2D eigenvalue weighted by molar-refractivity contribution is 7.80. The lowest BCUT2D eigenvalue weighted by atomic mass is 10.0. The molecule has 0 aliphatic carbocycles. The van der Waals surface area contributed by atoms with Crippen molar-refractivity contribution >= 4 is 17.4 Å². The molecular formula is C27H47NOS. The minimum absolute atomic E-state index is 0.485. The van der Waals surface area contributed by atoms with Gasteiger partial charge in [-0.05, 0) is 104 Å². The number of hydrogen-bond acceptors (Lipinski definition) is 2. The highest BCUT2D eigenvalue weighted by Gasteiger charge is 1.96. The number of unbranched alkanes of at least 4 members (excludes halogenated alkanes) is 2. The molecule has 0 fully saturated rings. The van der Waals surface area contributed by atoms with Crippen molar-refractivity contribution in [2.24, 2.45) is 0 Å². The molecule has 2 nitrogen and oxygen atoms in total. The zero-order valence-corrected chi connectivity index (χ0v) is 21.4. The standard InChI is InChI=1S/C27H47NOS/c1-7-9-10-14-23(3)15-11-16-24(4)17-12-18-25(5)19-13-20-26(6)21-22-29-27(30)28-8-2/h15,17,19,21H,7-14,16,18,20,22H2,1-6H3,(H,28,30)/b23-15+,24-17+,25-19+,26-21+. The minimum Gasteiger partial charge on any atom is -0.467 e. The van der Waals surface area contributed by atoms with Gasteiger partial charge in [-0.2, -0.15) is 0 Å². The van der Waals surface area contributed by atoms with Crippen molar-refractivity contribution in [3.63, 3.8) is 0 Å². The number of rotatable bonds is 16. The molecule has 0 aliphatic rings. The maximum Gasteiger partial charge on any atom is 0.256 e. The SMILES string of the molecule is CCCCC/C(C)=C/CC/C(C)=C/CC/C(C)=C/CC/C(C)=C/COC(=S)NCC. The fourth-order valence-electron chi connectivity index (χ4n) is 3.16. The summed E-state index contributed by atoms with van der Waals surface area (Å²) in [5.41, 5.74) is 5.93. The summed E-state index contributed by atoms with van der Waals surface area (Å²) in [6, 6.07) is 0. The van der Waals surface area contributed by atoms with Gasteiger partial charge in [-0.25, -0.2) is 0 Å². The molecule has 0 unspecified atom stereocenters. The first-order valence-corrected chi connectivity index (χ1v) is 12.3. The number of allylic oxidation sites excluding steroid dienone is 7. The average Bonchev–Trinajstić information content (AvgIpc) is 2.68. The lowest BCUT2D eigenvalue weighted by molar-refractivity contribution is 0.342. The first-order valence-electron chi connectivity index (χ1n) is 11.9. The van der Waals surface area contributed by atoms with E-state index < -0.39 is 0 Å². The van der Waals surface area contributed by atoms with Crippen LogP contribution in [0.15, 0.2) is 46.6 Å². The van der Waals surface area contributed by atoms with Gasteiger partial charge < -0.3 is 10.1 Å². The molecule has 0 atom stereocenters. The van der Waals surface area contributed by atoms with E-state index in [1.165, 1.54) is 55.2 Å². The predicted octanol–water partition coefficient (Wildman–Crippen LogP) is 8.60. The topological polar surface area (TPSA) is 21.3 Å². The van der Waals surface area contributed by atoms with Gasteiger partial charge in [0.15, 0.2) is 0 Å². The smallest absolute Gasteiger partial charge is 0.256 e. The van der Waals surface area contributed by atoms with Crippen LogP contribution in [0, 0.1) is 0 Å². The molecule has 30 heavy (non-hydrogen) atoms. The minimum atomic E-state index is 0.485. The number of ether oxygens (including phenoxy) is 1. The summed E-state index contributed by atoms with van der Waals surface area (Å²) in [5.74, 6) is 0. The van der Waals surface area contributed by atoms with Crippen molar-refractivity contribution in [3.05, 3.63) is 46.6 Å². The molecule has 0 aromatic heterocycles. The van der Waals surface area contributed by atoms with Gasteiger partial charge in [-0.3, -0.25) is 0 Å². The van der Waals surface area contributed by atoms with E-state index in [9.17, 15) is 0 Å². The van der Waals surface area contributed by atoms with Crippen molar-refractivity contribution in [1.29, 1.82) is 0 Å². The van der Waals surface area contributed by atoms with Crippen LogP contribution in [-0.2, 0) is 4.74 Å². The molecule has 0 amide bonds. The first kappa shape index (κ1) is 28.6. The van der Waals surface area contributed by atoms with Gasteiger partial charge in [-0.1, -0.05) is 60.3 Å². The van der Waals surface area contributed by atoms with Gasteiger partial charge in [0, 0.05) is 6.54 Å². The summed E-state index contributed by atoms with van der Waals surface area (Å²) in [6.07, 6.45) is 21.5. The molecule has 172 valence electrons. The molecule has 0 saturated heterocycles. The molecule has 0 spiro atoms. The average molecular weight is 434 g/mol. The summed E-state index contributed by atoms with van der Waals surface area (Å²) < 4.78 is 5.44. The van der Waals surface area contributed by atoms with E-state index in [2.05, 4.69) is 64.2 Å². The Labute approximate surface area is 192 Å². The Morgan fingerprint density at radius 1 is 0.700 bits per heavy atom. The van der Waals surface area contributed by atoms with E-state index in [4.69, 9.17) is 17.0 Å². The summed E-state index contributed by atoms with van der Waals surface area (Å²) in [7, 11) is 0. The Hall–Kier alpha value is -1.35. The largest absolute Gasteiger partial charge is 0.467 e. The zero-order valence-electron chi connectivity index (χ0n) is 20.6. The molecule has 0 saturated carbocycles. The fourth-order valence-corrected chi connectivity index (χ4v) is 3.37. The quantitative estimate of drug-likeness (QED) is 0.149. The van der Waals surface area contributed by atoms with Gasteiger partial charge in [0.1, 0.15) is 6.61 Å². The van der Waals surface area contributed by atoms with Gasteiger partial charge in [-0.15, -0.1) is 0 Å². The third-order valence-electron chi connectivity index (χ3n) is 5.24. The molecule has 0 aliphatic heterocycles. The fraction of sp³-hybridized carbons (Fsp3) is 0.667. The molecular weight excluding hydrogens is 386 g/mol. The predicted molar refractivity (Wildman–Crippen MR) is 139 cm³/mol. The Bertz CT molecular complexity index is 584. The van der Waals surface area contributed by atoms with Crippen LogP contribution in [0.25, 0.3) is 0 Å². The van der Waals surface area contributed by atoms with Crippen LogP contribution < -0.4 is 5.32 Å². The Morgan fingerprint density at radius 3 is 1.63 bits per heavy atom. The van der Waals surface area contributed by atoms with E-state index in [0.717, 1.165) is 32.2 Å². The van der Waals surface area contributed by atoms with E-state index >= 15 is 0 Å². The third kappa shape index (κ3) is 18.7. The van der Waals surface area contributed by atoms with Crippen molar-refractivity contribution in [1.82, 2.24) is 5.32 Å². The van der Waals surface area contributed by atoms with Crippen LogP contribution in [0.1, 0.15) is 106 Å². The Balaban J connectivity index is 4.02. The van der Waals surface area contributed by atoms with Crippen LogP contribution in [0.4, 0.5) is 0 Å². The summed E-state index contributed by atoms with van der Waals surface area (Å²) in [6.45, 7) is 14.6. The summed E-state index contributed by atoms with van der Waals surface area (Å²) in [4.78, 5) is 0. The van der Waals surface area contributed by atoms with Crippen LogP contribution in [0.2, 0.25) is 0 Å². The van der Waals surface area contributed by atoms with Crippen molar-refractivity contribution in [2.75, 3.05) is 13.2 Å². The van der Waals surface area contributed by atoms with Gasteiger partial charge in [0.2, 0.25) is 0 Å². The molecule has 0 radical (unpaired) electrons. The second-order valence-corrected chi connectivity index (χ2v) is 8.77. The highest BCUT2D eigenvalue weighted by atomic mass is 32.1. The number of hydrogen-bond donors (Lipinski definition) is 1.